The molecule has 1 N–H and O–H groups in total. The number of thioether (sulfide) groups is 2. The van der Waals surface area contributed by atoms with E-state index in [0.717, 1.165) is 12.0 Å². The summed E-state index contributed by atoms with van der Waals surface area (Å²) < 4.78 is 0.552. The van der Waals surface area contributed by atoms with Crippen LogP contribution in [0.25, 0.3) is 0 Å². The minimum Gasteiger partial charge on any atom is -0.350 e. The highest BCUT2D eigenvalue weighted by Crippen LogP contribution is 2.45. The minimum absolute atomic E-state index is 0.0302. The van der Waals surface area contributed by atoms with Crippen molar-refractivity contribution in [2.75, 3.05) is 11.5 Å². The smallest absolute Gasteiger partial charge is 0.251 e. The molecule has 1 aromatic rings. The van der Waals surface area contributed by atoms with Crippen molar-refractivity contribution in [1.82, 2.24) is 5.32 Å². The molecule has 1 amide bonds. The average molecular weight is 281 g/mol. The molecule has 1 aliphatic heterocycles. The second-order valence-corrected chi connectivity index (χ2v) is 7.20. The van der Waals surface area contributed by atoms with Crippen molar-refractivity contribution in [2.45, 2.75) is 30.9 Å². The first-order chi connectivity index (χ1) is 8.70. The Labute approximate surface area is 117 Å². The molecule has 0 saturated carbocycles. The SMILES string of the molecule is CC[C@H](C)NC(=O)c1ccc(C2SCCS2)cc1. The molecule has 1 fully saturated rings. The van der Waals surface area contributed by atoms with Crippen LogP contribution in [0.2, 0.25) is 0 Å². The maximum Gasteiger partial charge on any atom is 0.251 e. The van der Waals surface area contributed by atoms with Crippen LogP contribution in [0, 0.1) is 0 Å². The summed E-state index contributed by atoms with van der Waals surface area (Å²) in [5.41, 5.74) is 2.08. The highest BCUT2D eigenvalue weighted by molar-refractivity contribution is 8.19. The summed E-state index contributed by atoms with van der Waals surface area (Å²) in [6.45, 7) is 4.10. The summed E-state index contributed by atoms with van der Waals surface area (Å²) >= 11 is 3.97. The van der Waals surface area contributed by atoms with Gasteiger partial charge in [-0.3, -0.25) is 4.79 Å². The predicted molar refractivity (Wildman–Crippen MR) is 81.3 cm³/mol. The lowest BCUT2D eigenvalue weighted by Crippen LogP contribution is -2.31. The third-order valence-electron chi connectivity index (χ3n) is 3.06. The minimum atomic E-state index is 0.0302. The van der Waals surface area contributed by atoms with Crippen LogP contribution in [0.3, 0.4) is 0 Å². The van der Waals surface area contributed by atoms with Gasteiger partial charge in [-0.1, -0.05) is 19.1 Å². The molecule has 0 spiro atoms. The molecular formula is C14H19NOS2. The average Bonchev–Trinajstić information content (AvgIpc) is 2.92. The van der Waals surface area contributed by atoms with E-state index in [1.54, 1.807) is 0 Å². The fourth-order valence-electron chi connectivity index (χ4n) is 1.75. The Morgan fingerprint density at radius 3 is 2.50 bits per heavy atom. The maximum absolute atomic E-state index is 11.9. The van der Waals surface area contributed by atoms with Gasteiger partial charge in [0.1, 0.15) is 0 Å². The molecule has 0 bridgehead atoms. The fourth-order valence-corrected chi connectivity index (χ4v) is 4.61. The van der Waals surface area contributed by atoms with E-state index in [2.05, 4.69) is 24.4 Å². The van der Waals surface area contributed by atoms with Gasteiger partial charge in [0.15, 0.2) is 0 Å². The van der Waals surface area contributed by atoms with Crippen LogP contribution in [0.4, 0.5) is 0 Å². The molecule has 0 aromatic heterocycles. The van der Waals surface area contributed by atoms with Gasteiger partial charge in [0, 0.05) is 23.1 Å². The van der Waals surface area contributed by atoms with Crippen LogP contribution in [0.15, 0.2) is 24.3 Å². The molecule has 98 valence electrons. The number of hydrogen-bond donors (Lipinski definition) is 1. The molecule has 0 aliphatic carbocycles. The van der Waals surface area contributed by atoms with Crippen LogP contribution in [-0.4, -0.2) is 23.5 Å². The van der Waals surface area contributed by atoms with Gasteiger partial charge >= 0.3 is 0 Å². The van der Waals surface area contributed by atoms with Crippen LogP contribution >= 0.6 is 23.5 Å². The highest BCUT2D eigenvalue weighted by atomic mass is 32.2. The van der Waals surface area contributed by atoms with Gasteiger partial charge in [-0.25, -0.2) is 0 Å². The number of carbonyl (C=O) groups is 1. The van der Waals surface area contributed by atoms with E-state index in [1.165, 1.54) is 17.1 Å². The summed E-state index contributed by atoms with van der Waals surface area (Å²) in [7, 11) is 0. The first-order valence-electron chi connectivity index (χ1n) is 6.34. The largest absolute Gasteiger partial charge is 0.350 e. The third kappa shape index (κ3) is 3.45. The van der Waals surface area contributed by atoms with Gasteiger partial charge in [0.05, 0.1) is 4.58 Å². The summed E-state index contributed by atoms with van der Waals surface area (Å²) in [4.78, 5) is 11.9. The zero-order valence-electron chi connectivity index (χ0n) is 10.8. The van der Waals surface area contributed by atoms with Crippen molar-refractivity contribution in [3.63, 3.8) is 0 Å². The van der Waals surface area contributed by atoms with Crippen molar-refractivity contribution in [2.24, 2.45) is 0 Å². The Balaban J connectivity index is 2.00. The standard InChI is InChI=1S/C14H19NOS2/c1-3-10(2)15-13(16)11-4-6-12(7-5-11)14-17-8-9-18-14/h4-7,10,14H,3,8-9H2,1-2H3,(H,15,16)/t10-/m0/s1. The Bertz CT molecular complexity index is 399. The molecule has 1 atom stereocenters. The molecule has 2 rings (SSSR count). The normalized spacial score (nSPS) is 17.7. The van der Waals surface area contributed by atoms with Crippen LogP contribution in [-0.2, 0) is 0 Å². The van der Waals surface area contributed by atoms with Crippen molar-refractivity contribution in [3.05, 3.63) is 35.4 Å². The van der Waals surface area contributed by atoms with Crippen molar-refractivity contribution in [1.29, 1.82) is 0 Å². The Kier molecular flexibility index (Phi) is 5.01. The van der Waals surface area contributed by atoms with Gasteiger partial charge in [-0.05, 0) is 31.0 Å². The molecule has 0 radical (unpaired) electrons. The van der Waals surface area contributed by atoms with Gasteiger partial charge in [-0.2, -0.15) is 0 Å². The Hall–Kier alpha value is -0.610. The molecule has 1 aliphatic rings. The van der Waals surface area contributed by atoms with E-state index in [0.29, 0.717) is 4.58 Å². The van der Waals surface area contributed by atoms with Gasteiger partial charge < -0.3 is 5.32 Å². The summed E-state index contributed by atoms with van der Waals surface area (Å²) in [5.74, 6) is 2.49. The van der Waals surface area contributed by atoms with Gasteiger partial charge in [0.25, 0.3) is 5.91 Å². The van der Waals surface area contributed by atoms with Crippen molar-refractivity contribution >= 4 is 29.4 Å². The summed E-state index contributed by atoms with van der Waals surface area (Å²) in [6, 6.07) is 8.28. The third-order valence-corrected chi connectivity index (χ3v) is 6.16. The molecule has 1 heterocycles. The maximum atomic E-state index is 11.9. The first-order valence-corrected chi connectivity index (χ1v) is 8.44. The number of hydrogen-bond acceptors (Lipinski definition) is 3. The molecule has 1 aromatic carbocycles. The highest BCUT2D eigenvalue weighted by Gasteiger charge is 2.18. The second-order valence-electron chi connectivity index (χ2n) is 4.48. The van der Waals surface area contributed by atoms with E-state index in [-0.39, 0.29) is 11.9 Å². The molecule has 4 heteroatoms. The van der Waals surface area contributed by atoms with E-state index in [1.807, 2.05) is 42.6 Å². The lowest BCUT2D eigenvalue weighted by Gasteiger charge is -2.12. The number of amides is 1. The zero-order valence-corrected chi connectivity index (χ0v) is 12.4. The van der Waals surface area contributed by atoms with Crippen molar-refractivity contribution < 1.29 is 4.79 Å². The molecule has 18 heavy (non-hydrogen) atoms. The van der Waals surface area contributed by atoms with Crippen LogP contribution in [0.5, 0.6) is 0 Å². The molecule has 0 unspecified atom stereocenters. The predicted octanol–water partition coefficient (Wildman–Crippen LogP) is 3.69. The summed E-state index contributed by atoms with van der Waals surface area (Å²) in [6.07, 6.45) is 0.958. The van der Waals surface area contributed by atoms with Crippen molar-refractivity contribution in [3.8, 4) is 0 Å². The van der Waals surface area contributed by atoms with E-state index in [4.69, 9.17) is 0 Å². The molecule has 2 nitrogen and oxygen atoms in total. The second kappa shape index (κ2) is 6.53. The van der Waals surface area contributed by atoms with E-state index < -0.39 is 0 Å². The quantitative estimate of drug-likeness (QED) is 0.912. The number of rotatable bonds is 4. The van der Waals surface area contributed by atoms with Crippen LogP contribution < -0.4 is 5.32 Å². The molecule has 1 saturated heterocycles. The van der Waals surface area contributed by atoms with E-state index >= 15 is 0 Å². The monoisotopic (exact) mass is 281 g/mol. The number of carbonyl (C=O) groups excluding carboxylic acids is 1. The fraction of sp³-hybridized carbons (Fsp3) is 0.500. The molecular weight excluding hydrogens is 262 g/mol. The van der Waals surface area contributed by atoms with Gasteiger partial charge in [-0.15, -0.1) is 23.5 Å². The summed E-state index contributed by atoms with van der Waals surface area (Å²) in [5, 5.41) is 2.99. The topological polar surface area (TPSA) is 29.1 Å². The lowest BCUT2D eigenvalue weighted by molar-refractivity contribution is 0.0939. The number of benzene rings is 1. The first kappa shape index (κ1) is 13.8. The van der Waals surface area contributed by atoms with Crippen LogP contribution in [0.1, 0.15) is 40.8 Å². The van der Waals surface area contributed by atoms with E-state index in [9.17, 15) is 4.79 Å². The Morgan fingerprint density at radius 1 is 1.33 bits per heavy atom. The lowest BCUT2D eigenvalue weighted by atomic mass is 10.1. The van der Waals surface area contributed by atoms with Gasteiger partial charge in [0.2, 0.25) is 0 Å². The Morgan fingerprint density at radius 2 is 1.94 bits per heavy atom. The zero-order chi connectivity index (χ0) is 13.0. The number of nitrogens with one attached hydrogen (secondary N) is 1.